The van der Waals surface area contributed by atoms with Crippen molar-refractivity contribution in [3.8, 4) is 0 Å². The molecule has 0 radical (unpaired) electrons. The summed E-state index contributed by atoms with van der Waals surface area (Å²) >= 11 is 0. The smallest absolute Gasteiger partial charge is 0.183 e. The van der Waals surface area contributed by atoms with Crippen LogP contribution < -0.4 is 5.32 Å². The molecule has 1 aliphatic rings. The number of rotatable bonds is 10. The van der Waals surface area contributed by atoms with Crippen LogP contribution in [0, 0.1) is 0 Å². The van der Waals surface area contributed by atoms with E-state index in [9.17, 15) is 16.8 Å². The summed E-state index contributed by atoms with van der Waals surface area (Å²) in [6.45, 7) is 10.2. The van der Waals surface area contributed by atoms with Gasteiger partial charge in [0.05, 0.1) is 34.0 Å². The number of benzene rings is 1. The molecular formula is C23H34N2O5S2. The third-order valence-electron chi connectivity index (χ3n) is 6.27. The quantitative estimate of drug-likeness (QED) is 0.556. The van der Waals surface area contributed by atoms with Gasteiger partial charge in [-0.15, -0.1) is 0 Å². The van der Waals surface area contributed by atoms with Crippen molar-refractivity contribution in [3.05, 3.63) is 54.0 Å². The van der Waals surface area contributed by atoms with Gasteiger partial charge in [0.2, 0.25) is 0 Å². The van der Waals surface area contributed by atoms with E-state index in [1.54, 1.807) is 30.5 Å². The van der Waals surface area contributed by atoms with Crippen molar-refractivity contribution < 1.29 is 21.3 Å². The van der Waals surface area contributed by atoms with Crippen molar-refractivity contribution in [3.63, 3.8) is 0 Å². The fourth-order valence-corrected chi connectivity index (χ4v) is 9.06. The van der Waals surface area contributed by atoms with Crippen LogP contribution in [-0.2, 0) is 19.7 Å². The molecular weight excluding hydrogens is 448 g/mol. The number of furan rings is 1. The Hall–Kier alpha value is -1.68. The van der Waals surface area contributed by atoms with E-state index < -0.39 is 31.0 Å². The van der Waals surface area contributed by atoms with Crippen LogP contribution in [0.5, 0.6) is 0 Å². The summed E-state index contributed by atoms with van der Waals surface area (Å²) in [6, 6.07) is 9.70. The van der Waals surface area contributed by atoms with Gasteiger partial charge in [-0.2, -0.15) is 0 Å². The van der Waals surface area contributed by atoms with Crippen molar-refractivity contribution in [1.82, 2.24) is 10.2 Å². The maximum absolute atomic E-state index is 13.4. The van der Waals surface area contributed by atoms with E-state index in [4.69, 9.17) is 4.42 Å². The van der Waals surface area contributed by atoms with Crippen LogP contribution in [0.25, 0.3) is 0 Å². The van der Waals surface area contributed by atoms with E-state index in [1.807, 2.05) is 39.8 Å². The molecule has 0 amide bonds. The molecule has 1 aromatic heterocycles. The highest BCUT2D eigenvalue weighted by Crippen LogP contribution is 2.28. The highest BCUT2D eigenvalue weighted by Gasteiger charge is 2.46. The van der Waals surface area contributed by atoms with Gasteiger partial charge in [-0.05, 0) is 48.8 Å². The fourth-order valence-electron chi connectivity index (χ4n) is 4.35. The van der Waals surface area contributed by atoms with Gasteiger partial charge < -0.3 is 9.73 Å². The lowest BCUT2D eigenvalue weighted by Crippen LogP contribution is -2.47. The maximum atomic E-state index is 13.4. The standard InChI is InChI=1S/C23H34N2O5S2/c1-5-25(6-2)21(22-8-7-13-30-22)14-24-20-15-31(26,27)16-23(20)32(28,29)19-11-9-18(10-12-19)17(3)4/h7-13,17,20-21,23-24H,5-6,14-16H2,1-4H3/t20-,21?,23-/m0/s1. The first-order valence-electron chi connectivity index (χ1n) is 11.1. The topological polar surface area (TPSA) is 96.7 Å². The average Bonchev–Trinajstić information content (AvgIpc) is 3.39. The van der Waals surface area contributed by atoms with Gasteiger partial charge >= 0.3 is 0 Å². The van der Waals surface area contributed by atoms with Gasteiger partial charge in [0.25, 0.3) is 0 Å². The SMILES string of the molecule is CCN(CC)C(CN[C@H]1CS(=O)(=O)C[C@@H]1S(=O)(=O)c1ccc(C(C)C)cc1)c1ccco1. The Morgan fingerprint density at radius 3 is 2.28 bits per heavy atom. The molecule has 178 valence electrons. The summed E-state index contributed by atoms with van der Waals surface area (Å²) in [7, 11) is -7.28. The predicted octanol–water partition coefficient (Wildman–Crippen LogP) is 3.02. The van der Waals surface area contributed by atoms with E-state index in [-0.39, 0.29) is 28.4 Å². The lowest BCUT2D eigenvalue weighted by Gasteiger charge is -2.30. The highest BCUT2D eigenvalue weighted by atomic mass is 32.2. The number of nitrogens with zero attached hydrogens (tertiary/aromatic N) is 1. The molecule has 1 unspecified atom stereocenters. The minimum absolute atomic E-state index is 0.114. The summed E-state index contributed by atoms with van der Waals surface area (Å²) in [4.78, 5) is 2.37. The van der Waals surface area contributed by atoms with Crippen molar-refractivity contribution in [2.45, 2.75) is 55.8 Å². The van der Waals surface area contributed by atoms with E-state index in [2.05, 4.69) is 10.2 Å². The van der Waals surface area contributed by atoms with Crippen molar-refractivity contribution in [2.75, 3.05) is 31.1 Å². The largest absolute Gasteiger partial charge is 0.468 e. The summed E-state index contributed by atoms with van der Waals surface area (Å²) in [5.41, 5.74) is 1.04. The molecule has 0 aliphatic carbocycles. The predicted molar refractivity (Wildman–Crippen MR) is 126 cm³/mol. The number of hydrogen-bond acceptors (Lipinski definition) is 7. The van der Waals surface area contributed by atoms with Crippen LogP contribution in [0.3, 0.4) is 0 Å². The number of nitrogens with one attached hydrogen (secondary N) is 1. The first-order chi connectivity index (χ1) is 15.1. The summed E-state index contributed by atoms with van der Waals surface area (Å²) in [5.74, 6) is 0.497. The summed E-state index contributed by atoms with van der Waals surface area (Å²) in [5, 5.41) is 2.25. The second-order valence-electron chi connectivity index (χ2n) is 8.65. The number of likely N-dealkylation sites (N-methyl/N-ethyl adjacent to an activating group) is 1. The molecule has 1 N–H and O–H groups in total. The minimum atomic E-state index is -3.81. The molecule has 0 spiro atoms. The van der Waals surface area contributed by atoms with E-state index >= 15 is 0 Å². The van der Waals surface area contributed by atoms with E-state index in [1.165, 1.54) is 0 Å². The third kappa shape index (κ3) is 5.44. The molecule has 3 atom stereocenters. The van der Waals surface area contributed by atoms with Crippen LogP contribution >= 0.6 is 0 Å². The zero-order valence-electron chi connectivity index (χ0n) is 19.2. The van der Waals surface area contributed by atoms with Crippen LogP contribution in [0.1, 0.15) is 51.0 Å². The molecule has 2 aromatic rings. The number of hydrogen-bond donors (Lipinski definition) is 1. The van der Waals surface area contributed by atoms with Gasteiger partial charge in [-0.1, -0.05) is 39.8 Å². The Bertz CT molecular complexity index is 1070. The fraction of sp³-hybridized carbons (Fsp3) is 0.565. The van der Waals surface area contributed by atoms with Gasteiger partial charge in [0, 0.05) is 12.6 Å². The molecule has 32 heavy (non-hydrogen) atoms. The Morgan fingerprint density at radius 2 is 1.75 bits per heavy atom. The molecule has 1 aromatic carbocycles. The minimum Gasteiger partial charge on any atom is -0.468 e. The maximum Gasteiger partial charge on any atom is 0.183 e. The van der Waals surface area contributed by atoms with Crippen LogP contribution in [0.15, 0.2) is 52.0 Å². The molecule has 0 saturated carbocycles. The Kier molecular flexibility index (Phi) is 7.85. The van der Waals surface area contributed by atoms with Crippen LogP contribution in [0.2, 0.25) is 0 Å². The second kappa shape index (κ2) is 10.1. The molecule has 1 aliphatic heterocycles. The van der Waals surface area contributed by atoms with Crippen LogP contribution in [-0.4, -0.2) is 64.2 Å². The number of sulfone groups is 2. The highest BCUT2D eigenvalue weighted by molar-refractivity contribution is 7.96. The van der Waals surface area contributed by atoms with E-state index in [0.717, 1.165) is 24.4 Å². The van der Waals surface area contributed by atoms with Gasteiger partial charge in [0.15, 0.2) is 19.7 Å². The molecule has 2 heterocycles. The molecule has 9 heteroatoms. The van der Waals surface area contributed by atoms with E-state index in [0.29, 0.717) is 6.54 Å². The second-order valence-corrected chi connectivity index (χ2v) is 13.0. The normalized spacial score (nSPS) is 21.9. The van der Waals surface area contributed by atoms with Crippen molar-refractivity contribution in [1.29, 1.82) is 0 Å². The molecule has 1 saturated heterocycles. The Balaban J connectivity index is 1.84. The van der Waals surface area contributed by atoms with Crippen LogP contribution in [0.4, 0.5) is 0 Å². The molecule has 7 nitrogen and oxygen atoms in total. The molecule has 0 bridgehead atoms. The molecule has 3 rings (SSSR count). The van der Waals surface area contributed by atoms with Crippen molar-refractivity contribution >= 4 is 19.7 Å². The van der Waals surface area contributed by atoms with Gasteiger partial charge in [0.1, 0.15) is 5.76 Å². The zero-order chi connectivity index (χ0) is 23.5. The first kappa shape index (κ1) is 25.0. The monoisotopic (exact) mass is 482 g/mol. The lowest BCUT2D eigenvalue weighted by atomic mass is 10.0. The average molecular weight is 483 g/mol. The third-order valence-corrected chi connectivity index (χ3v) is 10.4. The summed E-state index contributed by atoms with van der Waals surface area (Å²) < 4.78 is 57.3. The summed E-state index contributed by atoms with van der Waals surface area (Å²) in [6.07, 6.45) is 1.61. The molecule has 1 fully saturated rings. The van der Waals surface area contributed by atoms with Gasteiger partial charge in [-0.3, -0.25) is 4.90 Å². The Morgan fingerprint density at radius 1 is 1.09 bits per heavy atom. The first-order valence-corrected chi connectivity index (χ1v) is 14.5. The van der Waals surface area contributed by atoms with Gasteiger partial charge in [-0.25, -0.2) is 16.8 Å². The lowest BCUT2D eigenvalue weighted by molar-refractivity contribution is 0.185. The zero-order valence-corrected chi connectivity index (χ0v) is 20.8. The van der Waals surface area contributed by atoms with Crippen molar-refractivity contribution in [2.24, 2.45) is 0 Å². The Labute approximate surface area is 192 Å².